The number of phenols is 1. The van der Waals surface area contributed by atoms with Crippen LogP contribution in [-0.2, 0) is 24.6 Å². The van der Waals surface area contributed by atoms with Gasteiger partial charge in [0.2, 0.25) is 11.8 Å². The number of aromatic hydroxyl groups is 1. The SMILES string of the molecule is CCOc1cccc(C2C3=CCC4C(=O)N(c5cc([N+](=O)[O-])c(N(C)C)c([N+](=O)[O-])c5)C(=O)C4C3CC3C(=O)N(Nc4ccc(Cl)cc4Cl)C(=O)C32c2ccc(OC)cc2)c1O. The topological polar surface area (TPSA) is 215 Å². The standard InChI is InChI=1S/C43H38Cl2N6O11/c1-5-62-34-8-6-7-27(38(34)52)36-25-14-15-26-35(41(55)48(39(26)53)23-18-32(50(57)58)37(47(2)3)33(19-23)51(59)60)28(25)20-29-40(54)49(46-31-16-11-22(44)17-30(31)45)42(56)43(29,36)21-9-12-24(61-4)13-10-21/h6-14,16-19,26,28-29,35-36,46,52H,5,15,20H2,1-4H3. The normalized spacial score (nSPS) is 24.0. The lowest BCUT2D eigenvalue weighted by atomic mass is 9.49. The zero-order valence-corrected chi connectivity index (χ0v) is 35.0. The van der Waals surface area contributed by atoms with Gasteiger partial charge in [-0.15, -0.1) is 0 Å². The van der Waals surface area contributed by atoms with Gasteiger partial charge < -0.3 is 19.5 Å². The van der Waals surface area contributed by atoms with E-state index in [1.54, 1.807) is 55.5 Å². The molecule has 0 radical (unpaired) electrons. The smallest absolute Gasteiger partial charge is 0.301 e. The third-order valence-corrected chi connectivity index (χ3v) is 12.9. The number of allylic oxidation sites excluding steroid dienone is 2. The number of anilines is 3. The quantitative estimate of drug-likeness (QED) is 0.0662. The van der Waals surface area contributed by atoms with Crippen LogP contribution in [0.4, 0.5) is 28.4 Å². The summed E-state index contributed by atoms with van der Waals surface area (Å²) >= 11 is 12.7. The third kappa shape index (κ3) is 6.28. The van der Waals surface area contributed by atoms with E-state index in [-0.39, 0.29) is 58.6 Å². The van der Waals surface area contributed by atoms with Gasteiger partial charge in [-0.3, -0.25) is 44.8 Å². The van der Waals surface area contributed by atoms with Gasteiger partial charge in [-0.25, -0.2) is 4.90 Å². The number of para-hydroxylation sites is 1. The van der Waals surface area contributed by atoms with Crippen LogP contribution in [0.1, 0.15) is 36.8 Å². The highest BCUT2D eigenvalue weighted by Gasteiger charge is 2.71. The van der Waals surface area contributed by atoms with E-state index in [2.05, 4.69) is 5.43 Å². The van der Waals surface area contributed by atoms with E-state index in [9.17, 15) is 34.9 Å². The molecular weight excluding hydrogens is 847 g/mol. The van der Waals surface area contributed by atoms with Gasteiger partial charge in [0.1, 0.15) is 5.75 Å². The Morgan fingerprint density at radius 2 is 1.60 bits per heavy atom. The number of methoxy groups -OCH3 is 1. The Bertz CT molecular complexity index is 2600. The minimum absolute atomic E-state index is 0.0478. The summed E-state index contributed by atoms with van der Waals surface area (Å²) in [4.78, 5) is 84.9. The molecule has 19 heteroatoms. The Balaban J connectivity index is 1.34. The fraction of sp³-hybridized carbons (Fsp3) is 0.302. The number of hydrogen-bond acceptors (Lipinski definition) is 13. The number of nitrogens with zero attached hydrogens (tertiary/aromatic N) is 5. The second-order valence-electron chi connectivity index (χ2n) is 15.6. The van der Waals surface area contributed by atoms with Gasteiger partial charge in [0, 0.05) is 42.7 Å². The van der Waals surface area contributed by atoms with Crippen molar-refractivity contribution < 1.29 is 43.6 Å². The number of amides is 4. The van der Waals surface area contributed by atoms with Crippen LogP contribution >= 0.6 is 23.2 Å². The molecule has 4 aromatic carbocycles. The molecule has 0 aromatic heterocycles. The number of phenolic OH excluding ortho intramolecular Hbond substituents is 1. The summed E-state index contributed by atoms with van der Waals surface area (Å²) in [6.45, 7) is 1.91. The van der Waals surface area contributed by atoms with Crippen molar-refractivity contribution in [2.24, 2.45) is 23.7 Å². The number of benzene rings is 4. The summed E-state index contributed by atoms with van der Waals surface area (Å²) in [6.07, 6.45) is 1.56. The fourth-order valence-electron chi connectivity index (χ4n) is 9.94. The highest BCUT2D eigenvalue weighted by Crippen LogP contribution is 2.65. The maximum absolute atomic E-state index is 15.6. The number of nitro benzene ring substituents is 2. The minimum Gasteiger partial charge on any atom is -0.504 e. The van der Waals surface area contributed by atoms with Crippen LogP contribution in [0.15, 0.2) is 84.4 Å². The average molecular weight is 886 g/mol. The van der Waals surface area contributed by atoms with Crippen molar-refractivity contribution in [1.29, 1.82) is 0 Å². The lowest BCUT2D eigenvalue weighted by molar-refractivity contribution is -0.392. The molecule has 6 atom stereocenters. The molecule has 2 aliphatic heterocycles. The number of nitro groups is 2. The molecule has 0 spiro atoms. The lowest BCUT2D eigenvalue weighted by Crippen LogP contribution is -2.53. The van der Waals surface area contributed by atoms with Gasteiger partial charge in [0.15, 0.2) is 17.2 Å². The summed E-state index contributed by atoms with van der Waals surface area (Å²) < 4.78 is 11.3. The highest BCUT2D eigenvalue weighted by atomic mass is 35.5. The molecule has 2 heterocycles. The van der Waals surface area contributed by atoms with Gasteiger partial charge in [-0.1, -0.05) is 59.1 Å². The maximum Gasteiger partial charge on any atom is 0.301 e. The number of nitrogens with one attached hydrogen (secondary N) is 1. The number of hydrogen-bond donors (Lipinski definition) is 2. The number of halogens is 2. The first-order chi connectivity index (χ1) is 29.6. The van der Waals surface area contributed by atoms with E-state index >= 15 is 9.59 Å². The summed E-state index contributed by atoms with van der Waals surface area (Å²) in [6, 6.07) is 17.8. The number of fused-ring (bicyclic) bond motifs is 4. The van der Waals surface area contributed by atoms with E-state index < -0.39 is 79.9 Å². The van der Waals surface area contributed by atoms with E-state index in [1.807, 2.05) is 0 Å². The van der Waals surface area contributed by atoms with Crippen LogP contribution in [-0.4, -0.2) is 71.4 Å². The van der Waals surface area contributed by atoms with E-state index in [4.69, 9.17) is 32.7 Å². The molecule has 4 aromatic rings. The van der Waals surface area contributed by atoms with Crippen LogP contribution in [0.25, 0.3) is 0 Å². The predicted molar refractivity (Wildman–Crippen MR) is 226 cm³/mol. The minimum atomic E-state index is -1.80. The predicted octanol–water partition coefficient (Wildman–Crippen LogP) is 7.18. The number of hydrazine groups is 1. The van der Waals surface area contributed by atoms with Crippen molar-refractivity contribution >= 4 is 75.3 Å². The zero-order chi connectivity index (χ0) is 44.5. The first-order valence-corrected chi connectivity index (χ1v) is 20.2. The molecule has 17 nitrogen and oxygen atoms in total. The van der Waals surface area contributed by atoms with Gasteiger partial charge >= 0.3 is 11.4 Å². The van der Waals surface area contributed by atoms with Crippen molar-refractivity contribution in [2.45, 2.75) is 31.1 Å². The van der Waals surface area contributed by atoms with Crippen LogP contribution < -0.4 is 24.7 Å². The molecule has 0 bridgehead atoms. The molecule has 4 amide bonds. The summed E-state index contributed by atoms with van der Waals surface area (Å²) in [7, 11) is 4.27. The summed E-state index contributed by atoms with van der Waals surface area (Å²) in [5, 5.41) is 37.9. The number of ether oxygens (including phenoxy) is 2. The molecule has 3 fully saturated rings. The average Bonchev–Trinajstić information content (AvgIpc) is 3.62. The van der Waals surface area contributed by atoms with Crippen LogP contribution in [0.3, 0.4) is 0 Å². The Hall–Kier alpha value is -6.72. The fourth-order valence-corrected chi connectivity index (χ4v) is 10.4. The molecule has 6 unspecified atom stereocenters. The van der Waals surface area contributed by atoms with E-state index in [0.29, 0.717) is 21.9 Å². The lowest BCUT2D eigenvalue weighted by Gasteiger charge is -2.50. The van der Waals surface area contributed by atoms with Crippen molar-refractivity contribution in [3.8, 4) is 17.2 Å². The maximum atomic E-state index is 15.6. The van der Waals surface area contributed by atoms with Gasteiger partial charge in [-0.05, 0) is 67.6 Å². The van der Waals surface area contributed by atoms with Gasteiger partial charge in [0.05, 0.1) is 63.1 Å². The van der Waals surface area contributed by atoms with Crippen molar-refractivity contribution in [3.05, 3.63) is 126 Å². The number of carbonyl (C=O) groups excluding carboxylic acids is 4. The van der Waals surface area contributed by atoms with Gasteiger partial charge in [0.25, 0.3) is 11.8 Å². The summed E-state index contributed by atoms with van der Waals surface area (Å²) in [5.41, 5.74) is 0.302. The molecular formula is C43H38Cl2N6O11. The van der Waals surface area contributed by atoms with Crippen LogP contribution in [0.5, 0.6) is 17.2 Å². The largest absolute Gasteiger partial charge is 0.504 e. The van der Waals surface area contributed by atoms with E-state index in [1.165, 1.54) is 44.3 Å². The zero-order valence-electron chi connectivity index (χ0n) is 33.5. The Kier molecular flexibility index (Phi) is 10.6. The number of imide groups is 2. The second-order valence-corrected chi connectivity index (χ2v) is 16.4. The molecule has 62 heavy (non-hydrogen) atoms. The summed E-state index contributed by atoms with van der Waals surface area (Å²) in [5.74, 6) is -8.23. The highest BCUT2D eigenvalue weighted by molar-refractivity contribution is 6.36. The first-order valence-electron chi connectivity index (χ1n) is 19.5. The molecule has 320 valence electrons. The van der Waals surface area contributed by atoms with Crippen molar-refractivity contribution in [1.82, 2.24) is 5.01 Å². The second kappa shape index (κ2) is 15.6. The third-order valence-electron chi connectivity index (χ3n) is 12.4. The Morgan fingerprint density at radius 3 is 2.19 bits per heavy atom. The van der Waals surface area contributed by atoms with Crippen LogP contribution in [0.2, 0.25) is 10.0 Å². The van der Waals surface area contributed by atoms with Crippen molar-refractivity contribution in [3.63, 3.8) is 0 Å². The Labute approximate surface area is 363 Å². The Morgan fingerprint density at radius 1 is 0.919 bits per heavy atom. The van der Waals surface area contributed by atoms with E-state index in [0.717, 1.165) is 22.0 Å². The molecule has 1 saturated carbocycles. The van der Waals surface area contributed by atoms with Crippen molar-refractivity contribution in [2.75, 3.05) is 43.0 Å². The first kappa shape index (κ1) is 42.0. The molecule has 2 saturated heterocycles. The molecule has 8 rings (SSSR count). The molecule has 4 aliphatic rings. The van der Waals surface area contributed by atoms with Crippen LogP contribution in [0, 0.1) is 43.9 Å². The molecule has 2 N–H and O–H groups in total. The monoisotopic (exact) mass is 884 g/mol. The number of carbonyl (C=O) groups is 4. The molecule has 2 aliphatic carbocycles. The number of rotatable bonds is 11. The van der Waals surface area contributed by atoms with Gasteiger partial charge in [-0.2, -0.15) is 5.01 Å².